The summed E-state index contributed by atoms with van der Waals surface area (Å²) in [5, 5.41) is 2.89. The highest BCUT2D eigenvalue weighted by atomic mass is 14.5. The first-order chi connectivity index (χ1) is 16.5. The van der Waals surface area contributed by atoms with E-state index in [-0.39, 0.29) is 16.2 Å². The average molecular weight is 469 g/mol. The fourth-order valence-corrected chi connectivity index (χ4v) is 7.13. The molecule has 0 heteroatoms. The molecular formula is C35H48. The highest BCUT2D eigenvalue weighted by Crippen LogP contribution is 2.63. The summed E-state index contributed by atoms with van der Waals surface area (Å²) >= 11 is 0. The zero-order valence-corrected chi connectivity index (χ0v) is 24.0. The van der Waals surface area contributed by atoms with Gasteiger partial charge in [0.15, 0.2) is 0 Å². The fourth-order valence-electron chi connectivity index (χ4n) is 7.13. The molecule has 0 bridgehead atoms. The summed E-state index contributed by atoms with van der Waals surface area (Å²) in [5.41, 5.74) is 11.5. The third kappa shape index (κ3) is 4.16. The van der Waals surface area contributed by atoms with Crippen molar-refractivity contribution in [2.45, 2.75) is 113 Å². The van der Waals surface area contributed by atoms with Crippen LogP contribution in [0, 0.1) is 10.8 Å². The Kier molecular flexibility index (Phi) is 7.00. The Morgan fingerprint density at radius 3 is 2.14 bits per heavy atom. The molecule has 188 valence electrons. The van der Waals surface area contributed by atoms with E-state index in [1.807, 2.05) is 0 Å². The molecule has 0 fully saturated rings. The van der Waals surface area contributed by atoms with Gasteiger partial charge in [-0.1, -0.05) is 124 Å². The summed E-state index contributed by atoms with van der Waals surface area (Å²) in [4.78, 5) is 0. The smallest absolute Gasteiger partial charge is 0.0225 e. The van der Waals surface area contributed by atoms with Crippen LogP contribution in [0.4, 0.5) is 0 Å². The zero-order chi connectivity index (χ0) is 25.6. The molecule has 0 heterocycles. The van der Waals surface area contributed by atoms with Gasteiger partial charge >= 0.3 is 0 Å². The van der Waals surface area contributed by atoms with Crippen LogP contribution in [0.15, 0.2) is 64.3 Å². The van der Waals surface area contributed by atoms with Crippen LogP contribution in [-0.2, 0) is 5.41 Å². The maximum Gasteiger partial charge on any atom is 0.0225 e. The normalized spacial score (nSPS) is 22.0. The van der Waals surface area contributed by atoms with Crippen molar-refractivity contribution in [1.29, 1.82) is 0 Å². The average Bonchev–Trinajstić information content (AvgIpc) is 3.42. The van der Waals surface area contributed by atoms with E-state index >= 15 is 0 Å². The molecule has 0 radical (unpaired) electrons. The largest absolute Gasteiger partial charge is 0.0801 e. The van der Waals surface area contributed by atoms with E-state index in [9.17, 15) is 0 Å². The first kappa shape index (κ1) is 26.0. The predicted octanol–water partition coefficient (Wildman–Crippen LogP) is 8.85. The molecule has 1 aromatic rings. The molecule has 0 N–H and O–H groups in total. The molecule has 3 aliphatic rings. The molecule has 0 aromatic heterocycles. The Hall–Kier alpha value is -2.08. The second kappa shape index (κ2) is 9.42. The van der Waals surface area contributed by atoms with Gasteiger partial charge in [-0.25, -0.2) is 0 Å². The van der Waals surface area contributed by atoms with Gasteiger partial charge in [0.25, 0.3) is 0 Å². The minimum Gasteiger partial charge on any atom is -0.0801 e. The monoisotopic (exact) mass is 468 g/mol. The summed E-state index contributed by atoms with van der Waals surface area (Å²) in [6, 6.07) is 7.31. The Morgan fingerprint density at radius 2 is 1.60 bits per heavy atom. The van der Waals surface area contributed by atoms with E-state index in [2.05, 4.69) is 105 Å². The lowest BCUT2D eigenvalue weighted by molar-refractivity contribution is 0.153. The SMILES string of the molecule is CCCC1=C(CCC)C(CCC)(C(C)(C)C)C(C2=CC=CC2)=C2C=c3cc(C(C)(C)C)ccc3=C21. The summed E-state index contributed by atoms with van der Waals surface area (Å²) in [5.74, 6) is 0. The van der Waals surface area contributed by atoms with Crippen molar-refractivity contribution in [3.8, 4) is 0 Å². The van der Waals surface area contributed by atoms with Crippen molar-refractivity contribution in [1.82, 2.24) is 0 Å². The number of fused-ring (bicyclic) bond motifs is 2. The van der Waals surface area contributed by atoms with Crippen LogP contribution < -0.4 is 10.4 Å². The quantitative estimate of drug-likeness (QED) is 0.375. The van der Waals surface area contributed by atoms with Crippen LogP contribution in [0.2, 0.25) is 0 Å². The first-order valence-corrected chi connectivity index (χ1v) is 14.2. The fraction of sp³-hybridized carbons (Fsp3) is 0.543. The minimum atomic E-state index is 0.0738. The number of hydrogen-bond donors (Lipinski definition) is 0. The van der Waals surface area contributed by atoms with Crippen LogP contribution in [-0.4, -0.2) is 0 Å². The van der Waals surface area contributed by atoms with Crippen molar-refractivity contribution in [3.63, 3.8) is 0 Å². The molecule has 1 aromatic carbocycles. The van der Waals surface area contributed by atoms with Crippen LogP contribution in [0.3, 0.4) is 0 Å². The Bertz CT molecular complexity index is 1240. The van der Waals surface area contributed by atoms with Gasteiger partial charge in [0, 0.05) is 5.41 Å². The maximum atomic E-state index is 2.57. The van der Waals surface area contributed by atoms with Gasteiger partial charge in [-0.15, -0.1) is 0 Å². The molecule has 3 aliphatic carbocycles. The molecule has 0 saturated heterocycles. The lowest BCUT2D eigenvalue weighted by atomic mass is 9.50. The number of hydrogen-bond acceptors (Lipinski definition) is 0. The Labute approximate surface area is 215 Å². The van der Waals surface area contributed by atoms with E-state index in [1.165, 1.54) is 60.1 Å². The second-order valence-electron chi connectivity index (χ2n) is 13.0. The molecule has 0 aliphatic heterocycles. The van der Waals surface area contributed by atoms with Crippen molar-refractivity contribution in [2.75, 3.05) is 0 Å². The van der Waals surface area contributed by atoms with E-state index in [4.69, 9.17) is 0 Å². The van der Waals surface area contributed by atoms with E-state index in [0.29, 0.717) is 0 Å². The van der Waals surface area contributed by atoms with E-state index in [1.54, 1.807) is 27.9 Å². The van der Waals surface area contributed by atoms with E-state index in [0.717, 1.165) is 6.42 Å². The maximum absolute atomic E-state index is 2.57. The van der Waals surface area contributed by atoms with Crippen molar-refractivity contribution in [2.24, 2.45) is 10.8 Å². The molecule has 0 saturated carbocycles. The van der Waals surface area contributed by atoms with Gasteiger partial charge in [0.2, 0.25) is 0 Å². The Morgan fingerprint density at radius 1 is 0.886 bits per heavy atom. The standard InChI is InChI=1S/C35H48/c1-10-15-28-30(16-11-2)35(21-12-3,34(7,8)9)32(24-17-13-14-18-24)29-23-25-22-26(33(4,5)6)19-20-27(25)31(28)29/h13-14,17,19-20,22-23H,10-12,15-16,18,21H2,1-9H3. The van der Waals surface area contributed by atoms with Crippen molar-refractivity contribution < 1.29 is 0 Å². The van der Waals surface area contributed by atoms with Crippen LogP contribution >= 0.6 is 0 Å². The van der Waals surface area contributed by atoms with Gasteiger partial charge < -0.3 is 0 Å². The first-order valence-electron chi connectivity index (χ1n) is 14.2. The number of benzene rings is 1. The highest BCUT2D eigenvalue weighted by Gasteiger charge is 2.52. The lowest BCUT2D eigenvalue weighted by Gasteiger charge is -2.53. The van der Waals surface area contributed by atoms with Crippen LogP contribution in [0.1, 0.15) is 113 Å². The second-order valence-corrected chi connectivity index (χ2v) is 13.0. The topological polar surface area (TPSA) is 0 Å². The summed E-state index contributed by atoms with van der Waals surface area (Å²) in [7, 11) is 0. The molecule has 0 spiro atoms. The van der Waals surface area contributed by atoms with E-state index < -0.39 is 0 Å². The van der Waals surface area contributed by atoms with Crippen molar-refractivity contribution >= 4 is 11.6 Å². The third-order valence-electron chi connectivity index (χ3n) is 8.63. The number of allylic oxidation sites excluding steroid dienone is 8. The third-order valence-corrected chi connectivity index (χ3v) is 8.63. The molecule has 0 nitrogen and oxygen atoms in total. The van der Waals surface area contributed by atoms with Crippen LogP contribution in [0.25, 0.3) is 11.6 Å². The predicted molar refractivity (Wildman–Crippen MR) is 155 cm³/mol. The van der Waals surface area contributed by atoms with Gasteiger partial charge in [0.05, 0.1) is 0 Å². The van der Waals surface area contributed by atoms with Gasteiger partial charge in [-0.2, -0.15) is 0 Å². The molecule has 1 atom stereocenters. The molecule has 4 rings (SSSR count). The molecule has 35 heavy (non-hydrogen) atoms. The summed E-state index contributed by atoms with van der Waals surface area (Å²) in [6.07, 6.45) is 17.9. The van der Waals surface area contributed by atoms with Crippen LogP contribution in [0.5, 0.6) is 0 Å². The van der Waals surface area contributed by atoms with Crippen molar-refractivity contribution in [3.05, 3.63) is 80.3 Å². The lowest BCUT2D eigenvalue weighted by Crippen LogP contribution is -2.43. The van der Waals surface area contributed by atoms with Gasteiger partial charge in [-0.05, 0) is 86.5 Å². The van der Waals surface area contributed by atoms with Gasteiger partial charge in [0.1, 0.15) is 0 Å². The van der Waals surface area contributed by atoms with Gasteiger partial charge in [-0.3, -0.25) is 0 Å². The molecule has 0 amide bonds. The minimum absolute atomic E-state index is 0.0738. The summed E-state index contributed by atoms with van der Waals surface area (Å²) < 4.78 is 0. The summed E-state index contributed by atoms with van der Waals surface area (Å²) in [6.45, 7) is 21.6. The number of rotatable bonds is 7. The molecular weight excluding hydrogens is 420 g/mol. The highest BCUT2D eigenvalue weighted by molar-refractivity contribution is 5.96. The Balaban J connectivity index is 2.20. The zero-order valence-electron chi connectivity index (χ0n) is 24.0. The molecule has 1 unspecified atom stereocenters.